The average molecular weight is 258 g/mol. The molecule has 1 aromatic rings. The first kappa shape index (κ1) is 13.5. The first-order chi connectivity index (χ1) is 7.88. The van der Waals surface area contributed by atoms with Crippen LogP contribution in [0.3, 0.4) is 0 Å². The van der Waals surface area contributed by atoms with Crippen molar-refractivity contribution in [2.24, 2.45) is 0 Å². The lowest BCUT2D eigenvalue weighted by molar-refractivity contribution is -0.120. The molecule has 0 saturated carbocycles. The molecular weight excluding hydrogens is 242 g/mol. The minimum Gasteiger partial charge on any atom is -0.368 e. The van der Waals surface area contributed by atoms with Gasteiger partial charge in [0.15, 0.2) is 0 Å². The summed E-state index contributed by atoms with van der Waals surface area (Å²) < 4.78 is 0. The zero-order valence-electron chi connectivity index (χ0n) is 10.1. The molecule has 1 amide bonds. The molecular formula is C10H16ClN5O. The van der Waals surface area contributed by atoms with E-state index in [0.717, 1.165) is 0 Å². The Hall–Kier alpha value is -1.56. The third-order valence-electron chi connectivity index (χ3n) is 1.92. The molecule has 0 fully saturated rings. The Morgan fingerprint density at radius 1 is 1.59 bits per heavy atom. The van der Waals surface area contributed by atoms with Gasteiger partial charge in [-0.2, -0.15) is 4.98 Å². The standard InChI is InChI=1S/C10H16ClN5O/c1-6(2)13-9(17)5-16(3)8-4-7(11)14-10(12)15-8/h4,6H,5H2,1-3H3,(H,13,17)(H2,12,14,15). The van der Waals surface area contributed by atoms with Crippen molar-refractivity contribution in [1.82, 2.24) is 15.3 Å². The molecule has 1 aromatic heterocycles. The maximum Gasteiger partial charge on any atom is 0.239 e. The van der Waals surface area contributed by atoms with Crippen LogP contribution in [0.15, 0.2) is 6.07 Å². The minimum absolute atomic E-state index is 0.0867. The second-order valence-corrected chi connectivity index (χ2v) is 4.37. The van der Waals surface area contributed by atoms with Gasteiger partial charge in [0.2, 0.25) is 11.9 Å². The third kappa shape index (κ3) is 4.44. The van der Waals surface area contributed by atoms with Gasteiger partial charge in [0.1, 0.15) is 11.0 Å². The van der Waals surface area contributed by atoms with Gasteiger partial charge in [-0.25, -0.2) is 4.98 Å². The number of anilines is 2. The van der Waals surface area contributed by atoms with Gasteiger partial charge in [-0.15, -0.1) is 0 Å². The van der Waals surface area contributed by atoms with E-state index in [1.807, 2.05) is 13.8 Å². The maximum absolute atomic E-state index is 11.5. The normalized spacial score (nSPS) is 10.4. The summed E-state index contributed by atoms with van der Waals surface area (Å²) >= 11 is 5.76. The van der Waals surface area contributed by atoms with Crippen molar-refractivity contribution in [2.75, 3.05) is 24.2 Å². The number of aromatic nitrogens is 2. The number of nitrogens with zero attached hydrogens (tertiary/aromatic N) is 3. The Kier molecular flexibility index (Phi) is 4.51. The lowest BCUT2D eigenvalue weighted by Gasteiger charge is -2.18. The summed E-state index contributed by atoms with van der Waals surface area (Å²) in [6.45, 7) is 3.99. The van der Waals surface area contributed by atoms with Gasteiger partial charge >= 0.3 is 0 Å². The van der Waals surface area contributed by atoms with Gasteiger partial charge < -0.3 is 16.0 Å². The number of hydrogen-bond acceptors (Lipinski definition) is 5. The minimum atomic E-state index is -0.0872. The zero-order chi connectivity index (χ0) is 13.0. The van der Waals surface area contributed by atoms with Crippen LogP contribution in [0.5, 0.6) is 0 Å². The molecule has 0 atom stereocenters. The lowest BCUT2D eigenvalue weighted by atomic mass is 10.4. The van der Waals surface area contributed by atoms with Crippen molar-refractivity contribution < 1.29 is 4.79 Å². The van der Waals surface area contributed by atoms with Gasteiger partial charge in [-0.3, -0.25) is 4.79 Å². The van der Waals surface area contributed by atoms with Crippen molar-refractivity contribution in [3.05, 3.63) is 11.2 Å². The summed E-state index contributed by atoms with van der Waals surface area (Å²) in [6.07, 6.45) is 0. The molecule has 7 heteroatoms. The number of nitrogens with one attached hydrogen (secondary N) is 1. The van der Waals surface area contributed by atoms with Gasteiger partial charge in [-0.05, 0) is 13.8 Å². The molecule has 0 radical (unpaired) electrons. The van der Waals surface area contributed by atoms with E-state index in [2.05, 4.69) is 15.3 Å². The van der Waals surface area contributed by atoms with Gasteiger partial charge in [0, 0.05) is 19.2 Å². The van der Waals surface area contributed by atoms with Crippen molar-refractivity contribution in [3.8, 4) is 0 Å². The fraction of sp³-hybridized carbons (Fsp3) is 0.500. The van der Waals surface area contributed by atoms with E-state index in [1.54, 1.807) is 18.0 Å². The van der Waals surface area contributed by atoms with E-state index in [0.29, 0.717) is 5.82 Å². The summed E-state index contributed by atoms with van der Waals surface area (Å²) in [7, 11) is 1.73. The monoisotopic (exact) mass is 257 g/mol. The van der Waals surface area contributed by atoms with Crippen molar-refractivity contribution in [3.63, 3.8) is 0 Å². The number of carbonyl (C=O) groups is 1. The smallest absolute Gasteiger partial charge is 0.239 e. The average Bonchev–Trinajstić information content (AvgIpc) is 2.14. The summed E-state index contributed by atoms with van der Waals surface area (Å²) in [4.78, 5) is 20.9. The van der Waals surface area contributed by atoms with Crippen molar-refractivity contribution >= 4 is 29.3 Å². The van der Waals surface area contributed by atoms with E-state index in [9.17, 15) is 4.79 Å². The highest BCUT2D eigenvalue weighted by atomic mass is 35.5. The molecule has 0 unspecified atom stereocenters. The van der Waals surface area contributed by atoms with Crippen LogP contribution >= 0.6 is 11.6 Å². The predicted molar refractivity (Wildman–Crippen MR) is 68.0 cm³/mol. The Morgan fingerprint density at radius 2 is 2.24 bits per heavy atom. The molecule has 6 nitrogen and oxygen atoms in total. The molecule has 0 saturated heterocycles. The van der Waals surface area contributed by atoms with E-state index < -0.39 is 0 Å². The maximum atomic E-state index is 11.5. The molecule has 0 aromatic carbocycles. The third-order valence-corrected chi connectivity index (χ3v) is 2.11. The van der Waals surface area contributed by atoms with Gasteiger partial charge in [0.25, 0.3) is 0 Å². The molecule has 0 aliphatic rings. The molecule has 94 valence electrons. The number of nitrogen functional groups attached to an aromatic ring is 1. The Labute approximate surface area is 105 Å². The number of likely N-dealkylation sites (N-methyl/N-ethyl adjacent to an activating group) is 1. The molecule has 0 bridgehead atoms. The van der Waals surface area contributed by atoms with E-state index >= 15 is 0 Å². The number of halogens is 1. The SMILES string of the molecule is CC(C)NC(=O)CN(C)c1cc(Cl)nc(N)n1. The van der Waals surface area contributed by atoms with E-state index in [4.69, 9.17) is 17.3 Å². The van der Waals surface area contributed by atoms with Gasteiger partial charge in [-0.1, -0.05) is 11.6 Å². The number of rotatable bonds is 4. The van der Waals surface area contributed by atoms with E-state index in [1.165, 1.54) is 0 Å². The molecule has 0 aliphatic carbocycles. The first-order valence-electron chi connectivity index (χ1n) is 5.19. The van der Waals surface area contributed by atoms with Crippen LogP contribution in [0.1, 0.15) is 13.8 Å². The highest BCUT2D eigenvalue weighted by molar-refractivity contribution is 6.29. The molecule has 0 spiro atoms. The number of nitrogens with two attached hydrogens (primary N) is 1. The van der Waals surface area contributed by atoms with Crippen molar-refractivity contribution in [1.29, 1.82) is 0 Å². The lowest BCUT2D eigenvalue weighted by Crippen LogP contribution is -2.38. The van der Waals surface area contributed by atoms with E-state index in [-0.39, 0.29) is 29.6 Å². The Morgan fingerprint density at radius 3 is 2.76 bits per heavy atom. The van der Waals surface area contributed by atoms with Crippen LogP contribution in [0.4, 0.5) is 11.8 Å². The molecule has 3 N–H and O–H groups in total. The Bertz CT molecular complexity index is 389. The molecule has 1 heterocycles. The van der Waals surface area contributed by atoms with Crippen LogP contribution in [0, 0.1) is 0 Å². The van der Waals surface area contributed by atoms with Crippen LogP contribution in [-0.4, -0.2) is 35.5 Å². The quantitative estimate of drug-likeness (QED) is 0.775. The first-order valence-corrected chi connectivity index (χ1v) is 5.57. The number of hydrogen-bond donors (Lipinski definition) is 2. The van der Waals surface area contributed by atoms with Crippen LogP contribution in [-0.2, 0) is 4.79 Å². The van der Waals surface area contributed by atoms with Crippen molar-refractivity contribution in [2.45, 2.75) is 19.9 Å². The highest BCUT2D eigenvalue weighted by Gasteiger charge is 2.11. The van der Waals surface area contributed by atoms with Crippen LogP contribution < -0.4 is 16.0 Å². The topological polar surface area (TPSA) is 84.1 Å². The fourth-order valence-electron chi connectivity index (χ4n) is 1.28. The van der Waals surface area contributed by atoms with Gasteiger partial charge in [0.05, 0.1) is 6.54 Å². The zero-order valence-corrected chi connectivity index (χ0v) is 10.8. The highest BCUT2D eigenvalue weighted by Crippen LogP contribution is 2.15. The largest absolute Gasteiger partial charge is 0.368 e. The van der Waals surface area contributed by atoms with Crippen LogP contribution in [0.25, 0.3) is 0 Å². The number of amides is 1. The predicted octanol–water partition coefficient (Wildman–Crippen LogP) is 0.673. The Balaban J connectivity index is 2.69. The summed E-state index contributed by atoms with van der Waals surface area (Å²) in [6, 6.07) is 1.66. The van der Waals surface area contributed by atoms with Crippen LogP contribution in [0.2, 0.25) is 5.15 Å². The molecule has 0 aliphatic heterocycles. The molecule has 1 rings (SSSR count). The summed E-state index contributed by atoms with van der Waals surface area (Å²) in [5.41, 5.74) is 5.47. The second-order valence-electron chi connectivity index (χ2n) is 3.99. The fourth-order valence-corrected chi connectivity index (χ4v) is 1.47. The molecule has 17 heavy (non-hydrogen) atoms. The summed E-state index contributed by atoms with van der Waals surface area (Å²) in [5.74, 6) is 0.515. The second kappa shape index (κ2) is 5.67. The summed E-state index contributed by atoms with van der Waals surface area (Å²) in [5, 5.41) is 3.04. The number of carbonyl (C=O) groups excluding carboxylic acids is 1.